The maximum atomic E-state index is 9.90. The number of piperidine rings is 1. The predicted molar refractivity (Wildman–Crippen MR) is 62.0 cm³/mol. The third kappa shape index (κ3) is 4.49. The minimum atomic E-state index is -0.508. The average molecular weight is 215 g/mol. The van der Waals surface area contributed by atoms with E-state index in [9.17, 15) is 5.11 Å². The van der Waals surface area contributed by atoms with Gasteiger partial charge in [-0.1, -0.05) is 0 Å². The summed E-state index contributed by atoms with van der Waals surface area (Å²) in [4.78, 5) is 2.43. The standard InChI is InChI=1S/C12H25NO2/c1-4-15-10-9-13-7-5-11(6-8-13)12(2,3)14/h11,14H,4-10H2,1-3H3. The molecule has 1 saturated heterocycles. The van der Waals surface area contributed by atoms with E-state index < -0.39 is 5.60 Å². The number of hydrogen-bond acceptors (Lipinski definition) is 3. The smallest absolute Gasteiger partial charge is 0.0620 e. The molecule has 1 N–H and O–H groups in total. The second-order valence-electron chi connectivity index (χ2n) is 4.97. The van der Waals surface area contributed by atoms with Crippen molar-refractivity contribution in [2.75, 3.05) is 32.8 Å². The van der Waals surface area contributed by atoms with Crippen molar-refractivity contribution in [2.45, 2.75) is 39.2 Å². The molecule has 0 amide bonds. The maximum absolute atomic E-state index is 9.90. The Morgan fingerprint density at radius 2 is 1.93 bits per heavy atom. The van der Waals surface area contributed by atoms with E-state index in [-0.39, 0.29) is 0 Å². The molecule has 1 aliphatic heterocycles. The summed E-state index contributed by atoms with van der Waals surface area (Å²) in [6.07, 6.45) is 2.21. The molecule has 0 aromatic carbocycles. The number of nitrogens with zero attached hydrogens (tertiary/aromatic N) is 1. The van der Waals surface area contributed by atoms with Crippen LogP contribution in [0.25, 0.3) is 0 Å². The third-order valence-corrected chi connectivity index (χ3v) is 3.34. The van der Waals surface area contributed by atoms with Crippen LogP contribution in [0.15, 0.2) is 0 Å². The highest BCUT2D eigenvalue weighted by molar-refractivity contribution is 4.82. The van der Waals surface area contributed by atoms with Gasteiger partial charge in [-0.2, -0.15) is 0 Å². The third-order valence-electron chi connectivity index (χ3n) is 3.34. The van der Waals surface area contributed by atoms with Gasteiger partial charge in [-0.15, -0.1) is 0 Å². The van der Waals surface area contributed by atoms with Crippen molar-refractivity contribution in [3.8, 4) is 0 Å². The molecule has 0 unspecified atom stereocenters. The summed E-state index contributed by atoms with van der Waals surface area (Å²) in [7, 11) is 0. The molecule has 0 aromatic heterocycles. The fraction of sp³-hybridized carbons (Fsp3) is 1.00. The zero-order valence-corrected chi connectivity index (χ0v) is 10.3. The van der Waals surface area contributed by atoms with E-state index in [0.29, 0.717) is 5.92 Å². The van der Waals surface area contributed by atoms with Crippen molar-refractivity contribution in [3.63, 3.8) is 0 Å². The lowest BCUT2D eigenvalue weighted by molar-refractivity contribution is -0.0158. The van der Waals surface area contributed by atoms with Gasteiger partial charge in [0.1, 0.15) is 0 Å². The molecule has 0 saturated carbocycles. The van der Waals surface area contributed by atoms with E-state index in [1.54, 1.807) is 0 Å². The van der Waals surface area contributed by atoms with E-state index in [1.807, 2.05) is 20.8 Å². The molecule has 0 radical (unpaired) electrons. The van der Waals surface area contributed by atoms with Crippen molar-refractivity contribution in [2.24, 2.45) is 5.92 Å². The minimum Gasteiger partial charge on any atom is -0.390 e. The zero-order valence-electron chi connectivity index (χ0n) is 10.3. The molecule has 15 heavy (non-hydrogen) atoms. The van der Waals surface area contributed by atoms with Crippen LogP contribution < -0.4 is 0 Å². The fourth-order valence-electron chi connectivity index (χ4n) is 2.20. The van der Waals surface area contributed by atoms with E-state index in [0.717, 1.165) is 45.7 Å². The first-order chi connectivity index (χ1) is 7.04. The van der Waals surface area contributed by atoms with Gasteiger partial charge in [0.05, 0.1) is 12.2 Å². The molecule has 1 aliphatic rings. The number of hydrogen-bond donors (Lipinski definition) is 1. The number of aliphatic hydroxyl groups is 1. The van der Waals surface area contributed by atoms with Crippen molar-refractivity contribution < 1.29 is 9.84 Å². The van der Waals surface area contributed by atoms with Crippen LogP contribution in [0, 0.1) is 5.92 Å². The van der Waals surface area contributed by atoms with E-state index in [2.05, 4.69) is 4.90 Å². The van der Waals surface area contributed by atoms with Gasteiger partial charge < -0.3 is 14.7 Å². The summed E-state index contributed by atoms with van der Waals surface area (Å²) in [6.45, 7) is 10.8. The van der Waals surface area contributed by atoms with E-state index in [1.165, 1.54) is 0 Å². The predicted octanol–water partition coefficient (Wildman–Crippen LogP) is 1.51. The van der Waals surface area contributed by atoms with Gasteiger partial charge in [-0.3, -0.25) is 0 Å². The van der Waals surface area contributed by atoms with Gasteiger partial charge in [-0.25, -0.2) is 0 Å². The molecule has 3 heteroatoms. The number of rotatable bonds is 5. The molecule has 0 bridgehead atoms. The van der Waals surface area contributed by atoms with E-state index >= 15 is 0 Å². The Hall–Kier alpha value is -0.120. The molecule has 0 spiro atoms. The molecule has 0 atom stereocenters. The first-order valence-corrected chi connectivity index (χ1v) is 6.06. The molecule has 1 rings (SSSR count). The molecule has 0 aliphatic carbocycles. The molecule has 1 heterocycles. The Morgan fingerprint density at radius 1 is 1.33 bits per heavy atom. The number of ether oxygens (including phenoxy) is 1. The highest BCUT2D eigenvalue weighted by Gasteiger charge is 2.30. The fourth-order valence-corrected chi connectivity index (χ4v) is 2.20. The quantitative estimate of drug-likeness (QED) is 0.706. The molecule has 0 aromatic rings. The Morgan fingerprint density at radius 3 is 2.40 bits per heavy atom. The SMILES string of the molecule is CCOCCN1CCC(C(C)(C)O)CC1. The van der Waals surface area contributed by atoms with Crippen LogP contribution in [0.5, 0.6) is 0 Å². The second kappa shape index (κ2) is 5.83. The molecule has 90 valence electrons. The van der Waals surface area contributed by atoms with Gasteiger partial charge in [0.15, 0.2) is 0 Å². The van der Waals surface area contributed by atoms with Gasteiger partial charge in [0.25, 0.3) is 0 Å². The van der Waals surface area contributed by atoms with Crippen LogP contribution >= 0.6 is 0 Å². The van der Waals surface area contributed by atoms with E-state index in [4.69, 9.17) is 4.74 Å². The summed E-state index contributed by atoms with van der Waals surface area (Å²) in [5, 5.41) is 9.90. The van der Waals surface area contributed by atoms with Crippen LogP contribution in [0.3, 0.4) is 0 Å². The van der Waals surface area contributed by atoms with Crippen molar-refractivity contribution >= 4 is 0 Å². The highest BCUT2D eigenvalue weighted by atomic mass is 16.5. The van der Waals surface area contributed by atoms with Crippen molar-refractivity contribution in [1.29, 1.82) is 0 Å². The topological polar surface area (TPSA) is 32.7 Å². The lowest BCUT2D eigenvalue weighted by Crippen LogP contribution is -2.42. The lowest BCUT2D eigenvalue weighted by Gasteiger charge is -2.37. The zero-order chi connectivity index (χ0) is 11.3. The highest BCUT2D eigenvalue weighted by Crippen LogP contribution is 2.27. The Kier molecular flexibility index (Phi) is 5.03. The molecule has 1 fully saturated rings. The van der Waals surface area contributed by atoms with Gasteiger partial charge in [0, 0.05) is 13.2 Å². The normalized spacial score (nSPS) is 20.8. The Labute approximate surface area is 93.4 Å². The summed E-state index contributed by atoms with van der Waals surface area (Å²) < 4.78 is 5.34. The molecular weight excluding hydrogens is 190 g/mol. The Balaban J connectivity index is 2.18. The van der Waals surface area contributed by atoms with Crippen LogP contribution in [0.4, 0.5) is 0 Å². The monoisotopic (exact) mass is 215 g/mol. The van der Waals surface area contributed by atoms with Crippen molar-refractivity contribution in [3.05, 3.63) is 0 Å². The minimum absolute atomic E-state index is 0.459. The summed E-state index contributed by atoms with van der Waals surface area (Å²) in [5.74, 6) is 0.459. The summed E-state index contributed by atoms with van der Waals surface area (Å²) in [5.41, 5.74) is -0.508. The summed E-state index contributed by atoms with van der Waals surface area (Å²) >= 11 is 0. The first-order valence-electron chi connectivity index (χ1n) is 6.06. The second-order valence-corrected chi connectivity index (χ2v) is 4.97. The Bertz CT molecular complexity index is 169. The van der Waals surface area contributed by atoms with Gasteiger partial charge in [0.2, 0.25) is 0 Å². The van der Waals surface area contributed by atoms with Crippen molar-refractivity contribution in [1.82, 2.24) is 4.90 Å². The maximum Gasteiger partial charge on any atom is 0.0620 e. The largest absolute Gasteiger partial charge is 0.390 e. The number of likely N-dealkylation sites (tertiary alicyclic amines) is 1. The molecule has 3 nitrogen and oxygen atoms in total. The summed E-state index contributed by atoms with van der Waals surface area (Å²) in [6, 6.07) is 0. The first kappa shape index (κ1) is 12.9. The van der Waals surface area contributed by atoms with Crippen LogP contribution in [-0.2, 0) is 4.74 Å². The average Bonchev–Trinajstić information content (AvgIpc) is 2.18. The van der Waals surface area contributed by atoms with Gasteiger partial charge in [-0.05, 0) is 52.6 Å². The lowest BCUT2D eigenvalue weighted by atomic mass is 9.83. The van der Waals surface area contributed by atoms with Crippen LogP contribution in [0.1, 0.15) is 33.6 Å². The van der Waals surface area contributed by atoms with Gasteiger partial charge >= 0.3 is 0 Å². The molecular formula is C12H25NO2. The van der Waals surface area contributed by atoms with Crippen LogP contribution in [-0.4, -0.2) is 48.5 Å². The van der Waals surface area contributed by atoms with Crippen LogP contribution in [0.2, 0.25) is 0 Å².